The molecule has 0 aromatic heterocycles. The van der Waals surface area contributed by atoms with Gasteiger partial charge in [-0.3, -0.25) is 9.79 Å². The van der Waals surface area contributed by atoms with Crippen molar-refractivity contribution in [3.8, 4) is 0 Å². The van der Waals surface area contributed by atoms with Gasteiger partial charge < -0.3 is 15.0 Å². The number of benzene rings is 1. The highest BCUT2D eigenvalue weighted by atomic mass is 127. The van der Waals surface area contributed by atoms with E-state index in [4.69, 9.17) is 9.73 Å². The number of esters is 1. The van der Waals surface area contributed by atoms with Gasteiger partial charge in [0.25, 0.3) is 0 Å². The summed E-state index contributed by atoms with van der Waals surface area (Å²) >= 11 is 0. The molecule has 1 aromatic carbocycles. The lowest BCUT2D eigenvalue weighted by molar-refractivity contribution is -0.149. The highest BCUT2D eigenvalue weighted by Gasteiger charge is 2.40. The molecule has 2 aliphatic rings. The van der Waals surface area contributed by atoms with Crippen LogP contribution in [0.15, 0.2) is 29.3 Å². The molecule has 1 N–H and O–H groups in total. The van der Waals surface area contributed by atoms with E-state index in [9.17, 15) is 4.79 Å². The van der Waals surface area contributed by atoms with E-state index in [0.29, 0.717) is 18.6 Å². The number of carbonyl (C=O) groups is 1. The number of rotatable bonds is 5. The van der Waals surface area contributed by atoms with Crippen molar-refractivity contribution >= 4 is 35.9 Å². The second-order valence-electron chi connectivity index (χ2n) is 7.26. The first kappa shape index (κ1) is 22.0. The van der Waals surface area contributed by atoms with Crippen LogP contribution in [-0.4, -0.2) is 49.1 Å². The van der Waals surface area contributed by atoms with Crippen LogP contribution in [0.1, 0.15) is 50.2 Å². The molecule has 1 aromatic rings. The van der Waals surface area contributed by atoms with E-state index < -0.39 is 0 Å². The average Bonchev–Trinajstić information content (AvgIpc) is 3.41. The maximum atomic E-state index is 11.9. The number of ether oxygens (including phenoxy) is 1. The Morgan fingerprint density at radius 1 is 1.26 bits per heavy atom. The van der Waals surface area contributed by atoms with Crippen molar-refractivity contribution in [2.24, 2.45) is 10.9 Å². The van der Waals surface area contributed by atoms with E-state index >= 15 is 0 Å². The van der Waals surface area contributed by atoms with Crippen molar-refractivity contribution in [2.75, 3.05) is 26.2 Å². The summed E-state index contributed by atoms with van der Waals surface area (Å²) in [5.74, 6) is 1.57. The molecule has 5 nitrogen and oxygen atoms in total. The number of piperidine rings is 1. The molecule has 1 saturated heterocycles. The number of likely N-dealkylation sites (tertiary alicyclic amines) is 1. The van der Waals surface area contributed by atoms with Gasteiger partial charge in [-0.1, -0.05) is 24.3 Å². The fourth-order valence-electron chi connectivity index (χ4n) is 3.84. The number of hydrogen-bond acceptors (Lipinski definition) is 3. The maximum absolute atomic E-state index is 11.9. The Balaban J connectivity index is 0.00000261. The van der Waals surface area contributed by atoms with Crippen molar-refractivity contribution < 1.29 is 9.53 Å². The van der Waals surface area contributed by atoms with Gasteiger partial charge in [-0.25, -0.2) is 0 Å². The monoisotopic (exact) mass is 485 g/mol. The number of nitrogens with zero attached hydrogens (tertiary/aromatic N) is 2. The summed E-state index contributed by atoms with van der Waals surface area (Å²) in [5, 5.41) is 3.67. The van der Waals surface area contributed by atoms with Crippen LogP contribution in [0, 0.1) is 12.8 Å². The van der Waals surface area contributed by atoms with Crippen LogP contribution < -0.4 is 5.32 Å². The maximum Gasteiger partial charge on any atom is 0.309 e. The van der Waals surface area contributed by atoms with Crippen molar-refractivity contribution in [1.82, 2.24) is 10.2 Å². The summed E-state index contributed by atoms with van der Waals surface area (Å²) in [4.78, 5) is 18.9. The molecule has 0 bridgehead atoms. The summed E-state index contributed by atoms with van der Waals surface area (Å²) in [6.07, 6.45) is 2.84. The number of carbonyl (C=O) groups excluding carboxylic acids is 1. The third-order valence-electron chi connectivity index (χ3n) is 5.42. The molecule has 1 saturated carbocycles. The van der Waals surface area contributed by atoms with E-state index in [1.807, 2.05) is 6.92 Å². The minimum Gasteiger partial charge on any atom is -0.466 e. The van der Waals surface area contributed by atoms with E-state index in [-0.39, 0.29) is 35.9 Å². The van der Waals surface area contributed by atoms with Gasteiger partial charge in [-0.05, 0) is 51.2 Å². The first-order valence-corrected chi connectivity index (χ1v) is 9.92. The highest BCUT2D eigenvalue weighted by molar-refractivity contribution is 14.0. The molecule has 3 rings (SSSR count). The minimum atomic E-state index is -0.0455. The van der Waals surface area contributed by atoms with Gasteiger partial charge in [0, 0.05) is 31.6 Å². The Hall–Kier alpha value is -1.31. The van der Waals surface area contributed by atoms with E-state index in [2.05, 4.69) is 48.3 Å². The van der Waals surface area contributed by atoms with Gasteiger partial charge in [0.15, 0.2) is 5.96 Å². The smallest absolute Gasteiger partial charge is 0.309 e. The van der Waals surface area contributed by atoms with Crippen LogP contribution in [-0.2, 0) is 9.53 Å². The summed E-state index contributed by atoms with van der Waals surface area (Å²) in [7, 11) is 0. The molecule has 2 fully saturated rings. The quantitative estimate of drug-likeness (QED) is 0.299. The van der Waals surface area contributed by atoms with Crippen LogP contribution in [0.4, 0.5) is 0 Å². The van der Waals surface area contributed by atoms with Gasteiger partial charge in [0.1, 0.15) is 0 Å². The summed E-state index contributed by atoms with van der Waals surface area (Å²) in [6.45, 7) is 9.06. The van der Waals surface area contributed by atoms with E-state index in [0.717, 1.165) is 44.9 Å². The van der Waals surface area contributed by atoms with Gasteiger partial charge in [-0.15, -0.1) is 24.0 Å². The Morgan fingerprint density at radius 3 is 2.59 bits per heavy atom. The fraction of sp³-hybridized carbons (Fsp3) is 0.619. The lowest BCUT2D eigenvalue weighted by Crippen LogP contribution is -2.47. The SMILES string of the molecule is CCN=C(NC1CC1c1ccccc1C)N1CCC(C(=O)OCC)CC1.I. The van der Waals surface area contributed by atoms with Crippen molar-refractivity contribution in [3.05, 3.63) is 35.4 Å². The van der Waals surface area contributed by atoms with Crippen molar-refractivity contribution in [1.29, 1.82) is 0 Å². The summed E-state index contributed by atoms with van der Waals surface area (Å²) < 4.78 is 5.17. The van der Waals surface area contributed by atoms with Gasteiger partial charge in [0.2, 0.25) is 0 Å². The second kappa shape index (κ2) is 10.3. The number of nitrogens with one attached hydrogen (secondary N) is 1. The number of aryl methyl sites for hydroxylation is 1. The topological polar surface area (TPSA) is 53.9 Å². The molecule has 6 heteroatoms. The van der Waals surface area contributed by atoms with Crippen molar-refractivity contribution in [3.63, 3.8) is 0 Å². The van der Waals surface area contributed by atoms with Crippen LogP contribution in [0.25, 0.3) is 0 Å². The van der Waals surface area contributed by atoms with Gasteiger partial charge in [0.05, 0.1) is 12.5 Å². The number of aliphatic imine (C=N–C) groups is 1. The zero-order valence-corrected chi connectivity index (χ0v) is 18.9. The standard InChI is InChI=1S/C21H31N3O2.HI/c1-4-22-21(24-12-10-16(11-13-24)20(25)26-5-2)23-19-14-18(19)17-9-7-6-8-15(17)3;/h6-9,16,18-19H,4-5,10-14H2,1-3H3,(H,22,23);1H. The molecule has 0 radical (unpaired) electrons. The lowest BCUT2D eigenvalue weighted by atomic mass is 9.97. The lowest BCUT2D eigenvalue weighted by Gasteiger charge is -2.33. The molecular formula is C21H32IN3O2. The van der Waals surface area contributed by atoms with Crippen LogP contribution in [0.5, 0.6) is 0 Å². The highest BCUT2D eigenvalue weighted by Crippen LogP contribution is 2.42. The van der Waals surface area contributed by atoms with Gasteiger partial charge >= 0.3 is 5.97 Å². The molecule has 2 atom stereocenters. The van der Waals surface area contributed by atoms with Crippen LogP contribution >= 0.6 is 24.0 Å². The third kappa shape index (κ3) is 5.59. The Morgan fingerprint density at radius 2 is 1.96 bits per heavy atom. The molecule has 27 heavy (non-hydrogen) atoms. The van der Waals surface area contributed by atoms with E-state index in [1.54, 1.807) is 0 Å². The molecule has 150 valence electrons. The average molecular weight is 485 g/mol. The first-order chi connectivity index (χ1) is 12.6. The molecule has 0 amide bonds. The third-order valence-corrected chi connectivity index (χ3v) is 5.42. The number of guanidine groups is 1. The molecule has 1 aliphatic heterocycles. The predicted octanol–water partition coefficient (Wildman–Crippen LogP) is 3.71. The van der Waals surface area contributed by atoms with Crippen LogP contribution in [0.2, 0.25) is 0 Å². The fourth-order valence-corrected chi connectivity index (χ4v) is 3.84. The zero-order valence-electron chi connectivity index (χ0n) is 16.6. The predicted molar refractivity (Wildman–Crippen MR) is 120 cm³/mol. The normalized spacial score (nSPS) is 22.8. The first-order valence-electron chi connectivity index (χ1n) is 9.92. The zero-order chi connectivity index (χ0) is 18.5. The molecule has 1 aliphatic carbocycles. The number of hydrogen-bond donors (Lipinski definition) is 1. The van der Waals surface area contributed by atoms with Crippen LogP contribution in [0.3, 0.4) is 0 Å². The number of halogens is 1. The molecule has 0 spiro atoms. The van der Waals surface area contributed by atoms with Gasteiger partial charge in [-0.2, -0.15) is 0 Å². The second-order valence-corrected chi connectivity index (χ2v) is 7.26. The minimum absolute atomic E-state index is 0. The Labute approximate surface area is 180 Å². The summed E-state index contributed by atoms with van der Waals surface area (Å²) in [6, 6.07) is 9.11. The van der Waals surface area contributed by atoms with E-state index in [1.165, 1.54) is 11.1 Å². The van der Waals surface area contributed by atoms with Crippen molar-refractivity contribution in [2.45, 2.75) is 52.0 Å². The largest absolute Gasteiger partial charge is 0.466 e. The summed E-state index contributed by atoms with van der Waals surface area (Å²) in [5.41, 5.74) is 2.81. The Kier molecular flexibility index (Phi) is 8.38. The molecular weight excluding hydrogens is 453 g/mol. The Bertz CT molecular complexity index is 657. The molecule has 1 heterocycles. The molecule has 2 unspecified atom stereocenters.